The molecule has 0 saturated carbocycles. The van der Waals surface area contributed by atoms with E-state index in [0.717, 1.165) is 35.5 Å². The molecule has 2 unspecified atom stereocenters. The number of aromatic nitrogens is 1. The van der Waals surface area contributed by atoms with Crippen LogP contribution in [0.3, 0.4) is 0 Å². The van der Waals surface area contributed by atoms with Crippen LogP contribution in [0, 0.1) is 0 Å². The fourth-order valence-corrected chi connectivity index (χ4v) is 4.43. The summed E-state index contributed by atoms with van der Waals surface area (Å²) in [6, 6.07) is 3.43. The highest BCUT2D eigenvalue weighted by molar-refractivity contribution is 7.13. The minimum absolute atomic E-state index is 0.136. The van der Waals surface area contributed by atoms with Crippen molar-refractivity contribution in [3.8, 4) is 11.5 Å². The Bertz CT molecular complexity index is 958. The number of anilines is 1. The lowest BCUT2D eigenvalue weighted by Crippen LogP contribution is -2.42. The third kappa shape index (κ3) is 4.33. The zero-order valence-corrected chi connectivity index (χ0v) is 17.9. The van der Waals surface area contributed by atoms with Crippen molar-refractivity contribution in [3.63, 3.8) is 0 Å². The number of fused-ring (bicyclic) bond motifs is 1. The first-order valence-corrected chi connectivity index (χ1v) is 11.1. The van der Waals surface area contributed by atoms with Crippen LogP contribution in [0.2, 0.25) is 0 Å². The Kier molecular flexibility index (Phi) is 6.03. The van der Waals surface area contributed by atoms with E-state index >= 15 is 0 Å². The lowest BCUT2D eigenvalue weighted by atomic mass is 10.1. The third-order valence-electron chi connectivity index (χ3n) is 5.23. The van der Waals surface area contributed by atoms with Crippen molar-refractivity contribution in [2.24, 2.45) is 0 Å². The van der Waals surface area contributed by atoms with E-state index in [2.05, 4.69) is 10.3 Å². The second-order valence-corrected chi connectivity index (χ2v) is 8.31. The number of nitrogens with zero attached hydrogens (tertiary/aromatic N) is 2. The Morgan fingerprint density at radius 1 is 1.43 bits per heavy atom. The van der Waals surface area contributed by atoms with Crippen molar-refractivity contribution in [1.82, 2.24) is 9.88 Å². The van der Waals surface area contributed by atoms with Crippen molar-refractivity contribution < 1.29 is 19.1 Å². The van der Waals surface area contributed by atoms with E-state index < -0.39 is 6.04 Å². The smallest absolute Gasteiger partial charge is 0.248 e. The Balaban J connectivity index is 1.49. The number of nitrogens with one attached hydrogen (secondary N) is 1. The summed E-state index contributed by atoms with van der Waals surface area (Å²) < 4.78 is 11.6. The van der Waals surface area contributed by atoms with Crippen LogP contribution in [0.5, 0.6) is 11.5 Å². The lowest BCUT2D eigenvalue weighted by Gasteiger charge is -2.22. The quantitative estimate of drug-likeness (QED) is 0.714. The monoisotopic (exact) mass is 427 g/mol. The second kappa shape index (κ2) is 8.87. The van der Waals surface area contributed by atoms with Gasteiger partial charge in [-0.1, -0.05) is 0 Å². The fraction of sp³-hybridized carbons (Fsp3) is 0.409. The van der Waals surface area contributed by atoms with Crippen molar-refractivity contribution in [2.75, 3.05) is 18.5 Å². The summed E-state index contributed by atoms with van der Waals surface area (Å²) in [5.74, 6) is 1.18. The Morgan fingerprint density at radius 3 is 3.07 bits per heavy atom. The van der Waals surface area contributed by atoms with Crippen LogP contribution in [-0.2, 0) is 16.0 Å². The number of ether oxygens (including phenoxy) is 2. The van der Waals surface area contributed by atoms with Crippen LogP contribution in [0.1, 0.15) is 37.8 Å². The van der Waals surface area contributed by atoms with Gasteiger partial charge in [0.1, 0.15) is 23.6 Å². The Labute approximate surface area is 179 Å². The van der Waals surface area contributed by atoms with Gasteiger partial charge in [-0.15, -0.1) is 11.3 Å². The van der Waals surface area contributed by atoms with Crippen molar-refractivity contribution in [1.29, 1.82) is 0 Å². The summed E-state index contributed by atoms with van der Waals surface area (Å²) >= 11 is 1.36. The van der Waals surface area contributed by atoms with Crippen LogP contribution in [-0.4, -0.2) is 47.0 Å². The zero-order chi connectivity index (χ0) is 21.1. The van der Waals surface area contributed by atoms with E-state index in [1.54, 1.807) is 22.6 Å². The summed E-state index contributed by atoms with van der Waals surface area (Å²) in [5.41, 5.74) is 1.91. The molecule has 0 spiro atoms. The van der Waals surface area contributed by atoms with Gasteiger partial charge >= 0.3 is 0 Å². The summed E-state index contributed by atoms with van der Waals surface area (Å²) in [5, 5.41) is 5.14. The molecule has 8 heteroatoms. The first-order chi connectivity index (χ1) is 14.5. The maximum atomic E-state index is 12.9. The number of likely N-dealkylation sites (tertiary alicyclic amines) is 1. The average molecular weight is 428 g/mol. The molecule has 3 heterocycles. The predicted molar refractivity (Wildman–Crippen MR) is 116 cm³/mol. The molecule has 2 aliphatic rings. The highest BCUT2D eigenvalue weighted by atomic mass is 32.1. The van der Waals surface area contributed by atoms with Gasteiger partial charge in [0, 0.05) is 41.7 Å². The predicted octanol–water partition coefficient (Wildman–Crippen LogP) is 3.51. The maximum absolute atomic E-state index is 12.9. The Hall–Kier alpha value is -2.87. The first-order valence-electron chi connectivity index (χ1n) is 10.2. The molecule has 0 bridgehead atoms. The molecule has 2 atom stereocenters. The Morgan fingerprint density at radius 2 is 2.30 bits per heavy atom. The molecule has 1 N–H and O–H groups in total. The van der Waals surface area contributed by atoms with Crippen LogP contribution in [0.4, 0.5) is 5.13 Å². The van der Waals surface area contributed by atoms with E-state index in [0.29, 0.717) is 24.7 Å². The van der Waals surface area contributed by atoms with Gasteiger partial charge < -0.3 is 19.7 Å². The largest absolute Gasteiger partial charge is 0.493 e. The van der Waals surface area contributed by atoms with Crippen LogP contribution >= 0.6 is 11.3 Å². The number of carbonyl (C=O) groups excluding carboxylic acids is 2. The van der Waals surface area contributed by atoms with Crippen molar-refractivity contribution in [2.45, 2.75) is 45.3 Å². The van der Waals surface area contributed by atoms with E-state index in [9.17, 15) is 9.59 Å². The molecule has 2 aliphatic heterocycles. The number of rotatable bonds is 6. The van der Waals surface area contributed by atoms with E-state index in [1.807, 2.05) is 26.0 Å². The first kappa shape index (κ1) is 20.4. The molecule has 1 aromatic carbocycles. The van der Waals surface area contributed by atoms with Crippen LogP contribution in [0.15, 0.2) is 29.8 Å². The molecule has 4 rings (SSSR count). The van der Waals surface area contributed by atoms with Crippen molar-refractivity contribution >= 4 is 34.4 Å². The molecule has 30 heavy (non-hydrogen) atoms. The normalized spacial score (nSPS) is 20.3. The molecule has 7 nitrogen and oxygen atoms in total. The molecule has 0 aliphatic carbocycles. The van der Waals surface area contributed by atoms with Gasteiger partial charge in [0.25, 0.3) is 0 Å². The number of carbonyl (C=O) groups is 2. The maximum Gasteiger partial charge on any atom is 0.248 e. The minimum Gasteiger partial charge on any atom is -0.493 e. The molecular weight excluding hydrogens is 402 g/mol. The topological polar surface area (TPSA) is 80.8 Å². The number of amides is 2. The third-order valence-corrected chi connectivity index (χ3v) is 5.92. The SMILES string of the molecule is CCOc1cc2c(cc1C=CC(=O)N1CCCC1C(=O)Nc1nccs1)OC(C)C2. The molecule has 2 amide bonds. The number of hydrogen-bond acceptors (Lipinski definition) is 6. The molecule has 2 aromatic rings. The summed E-state index contributed by atoms with van der Waals surface area (Å²) in [6.07, 6.45) is 7.32. The number of thiazole rings is 1. The van der Waals surface area contributed by atoms with Gasteiger partial charge in [-0.25, -0.2) is 4.98 Å². The minimum atomic E-state index is -0.485. The van der Waals surface area contributed by atoms with Crippen LogP contribution in [0.25, 0.3) is 6.08 Å². The molecule has 1 fully saturated rings. The van der Waals surface area contributed by atoms with Gasteiger partial charge in [-0.05, 0) is 44.9 Å². The summed E-state index contributed by atoms with van der Waals surface area (Å²) in [6.45, 7) is 5.06. The molecule has 158 valence electrons. The van der Waals surface area contributed by atoms with Crippen molar-refractivity contribution in [3.05, 3.63) is 40.9 Å². The highest BCUT2D eigenvalue weighted by Crippen LogP contribution is 2.35. The summed E-state index contributed by atoms with van der Waals surface area (Å²) in [7, 11) is 0. The molecule has 1 saturated heterocycles. The highest BCUT2D eigenvalue weighted by Gasteiger charge is 2.33. The van der Waals surface area contributed by atoms with Gasteiger partial charge in [0.2, 0.25) is 11.8 Å². The second-order valence-electron chi connectivity index (χ2n) is 7.41. The standard InChI is InChI=1S/C22H25N3O4S/c1-3-28-18-13-16-11-14(2)29-19(16)12-15(18)6-7-20(26)25-9-4-5-17(25)21(27)24-22-23-8-10-30-22/h6-8,10,12-14,17H,3-5,9,11H2,1-2H3,(H,23,24,27). The molecular formula is C22H25N3O4S. The van der Waals surface area contributed by atoms with Gasteiger partial charge in [0.15, 0.2) is 5.13 Å². The molecule has 0 radical (unpaired) electrons. The van der Waals surface area contributed by atoms with E-state index in [4.69, 9.17) is 9.47 Å². The van der Waals surface area contributed by atoms with Crippen LogP contribution < -0.4 is 14.8 Å². The number of hydrogen-bond donors (Lipinski definition) is 1. The average Bonchev–Trinajstić information content (AvgIpc) is 3.46. The number of benzene rings is 1. The van der Waals surface area contributed by atoms with Gasteiger partial charge in [-0.2, -0.15) is 0 Å². The van der Waals surface area contributed by atoms with E-state index in [-0.39, 0.29) is 17.9 Å². The molecule has 1 aromatic heterocycles. The zero-order valence-electron chi connectivity index (χ0n) is 17.1. The van der Waals surface area contributed by atoms with Gasteiger partial charge in [0.05, 0.1) is 6.61 Å². The van der Waals surface area contributed by atoms with E-state index in [1.165, 1.54) is 17.4 Å². The fourth-order valence-electron chi connectivity index (χ4n) is 3.90. The van der Waals surface area contributed by atoms with Gasteiger partial charge in [-0.3, -0.25) is 9.59 Å². The summed E-state index contributed by atoms with van der Waals surface area (Å²) in [4.78, 5) is 31.2. The lowest BCUT2D eigenvalue weighted by molar-refractivity contribution is -0.132.